The largest absolute Gasteiger partial charge is 0.360 e. The molecule has 2 aliphatic heterocycles. The molecule has 30 heavy (non-hydrogen) atoms. The van der Waals surface area contributed by atoms with Crippen LogP contribution in [0.25, 0.3) is 0 Å². The highest BCUT2D eigenvalue weighted by Gasteiger charge is 2.36. The molecule has 0 unspecified atom stereocenters. The highest BCUT2D eigenvalue weighted by Crippen LogP contribution is 2.38. The summed E-state index contributed by atoms with van der Waals surface area (Å²) < 4.78 is 0. The Labute approximate surface area is 176 Å². The van der Waals surface area contributed by atoms with E-state index in [2.05, 4.69) is 23.3 Å². The van der Waals surface area contributed by atoms with Gasteiger partial charge in [-0.1, -0.05) is 12.1 Å². The molecule has 7 nitrogen and oxygen atoms in total. The molecule has 0 radical (unpaired) electrons. The lowest BCUT2D eigenvalue weighted by atomic mass is 9.88. The predicted octanol–water partition coefficient (Wildman–Crippen LogP) is 2.53. The van der Waals surface area contributed by atoms with Gasteiger partial charge in [0, 0.05) is 39.7 Å². The maximum absolute atomic E-state index is 13.0. The average Bonchev–Trinajstić information content (AvgIpc) is 3.36. The minimum atomic E-state index is -0.339. The van der Waals surface area contributed by atoms with Gasteiger partial charge in [-0.2, -0.15) is 5.26 Å². The van der Waals surface area contributed by atoms with Gasteiger partial charge in [-0.05, 0) is 42.7 Å². The number of anilines is 1. The number of rotatable bonds is 3. The van der Waals surface area contributed by atoms with Crippen molar-refractivity contribution in [1.82, 2.24) is 14.8 Å². The Hall–Kier alpha value is -3.40. The SMILES string of the molecule is CC(=O)N(C)[C@H]1CCN(C(=O)c2cnc3c(c2)C[C@](C)(c2ccc(C#N)cc2)N3)C1. The number of nitrogens with one attached hydrogen (secondary N) is 1. The highest BCUT2D eigenvalue weighted by molar-refractivity contribution is 5.95. The Kier molecular flexibility index (Phi) is 4.94. The van der Waals surface area contributed by atoms with Gasteiger partial charge in [-0.25, -0.2) is 4.98 Å². The van der Waals surface area contributed by atoms with E-state index in [1.54, 1.807) is 30.0 Å². The summed E-state index contributed by atoms with van der Waals surface area (Å²) in [5.41, 5.74) is 2.94. The second kappa shape index (κ2) is 7.45. The molecule has 2 aliphatic rings. The molecule has 7 heteroatoms. The molecule has 2 atom stereocenters. The second-order valence-electron chi connectivity index (χ2n) is 8.38. The smallest absolute Gasteiger partial charge is 0.255 e. The van der Waals surface area contributed by atoms with Crippen LogP contribution in [0.15, 0.2) is 36.5 Å². The van der Waals surface area contributed by atoms with Gasteiger partial charge in [0.2, 0.25) is 5.91 Å². The lowest BCUT2D eigenvalue weighted by molar-refractivity contribution is -0.129. The van der Waals surface area contributed by atoms with Crippen LogP contribution < -0.4 is 5.32 Å². The van der Waals surface area contributed by atoms with Crippen molar-refractivity contribution in [2.75, 3.05) is 25.5 Å². The molecule has 0 aliphatic carbocycles. The first-order chi connectivity index (χ1) is 14.3. The van der Waals surface area contributed by atoms with Gasteiger partial charge in [0.25, 0.3) is 5.91 Å². The van der Waals surface area contributed by atoms with Crippen LogP contribution in [-0.2, 0) is 16.8 Å². The maximum atomic E-state index is 13.0. The van der Waals surface area contributed by atoms with Crippen molar-refractivity contribution in [1.29, 1.82) is 5.26 Å². The maximum Gasteiger partial charge on any atom is 0.255 e. The van der Waals surface area contributed by atoms with E-state index in [0.717, 1.165) is 23.4 Å². The molecule has 1 N–H and O–H groups in total. The van der Waals surface area contributed by atoms with Crippen LogP contribution in [0.3, 0.4) is 0 Å². The summed E-state index contributed by atoms with van der Waals surface area (Å²) in [5, 5.41) is 12.5. The molecule has 2 amide bonds. The molecule has 1 aromatic carbocycles. The van der Waals surface area contributed by atoms with E-state index in [1.807, 2.05) is 30.3 Å². The van der Waals surface area contributed by atoms with Crippen LogP contribution in [0.4, 0.5) is 5.82 Å². The third-order valence-electron chi connectivity index (χ3n) is 6.30. The molecule has 4 rings (SSSR count). The van der Waals surface area contributed by atoms with Crippen molar-refractivity contribution >= 4 is 17.6 Å². The standard InChI is InChI=1S/C23H25N5O2/c1-15(29)27(3)20-8-9-28(14-20)22(30)18-10-17-11-23(2,26-21(17)25-13-18)19-6-4-16(12-24)5-7-19/h4-7,10,13,20H,8-9,11,14H2,1-3H3,(H,25,26)/t20-,23+/m0/s1. The Bertz CT molecular complexity index is 1040. The van der Waals surface area contributed by atoms with Crippen molar-refractivity contribution in [3.63, 3.8) is 0 Å². The van der Waals surface area contributed by atoms with Crippen molar-refractivity contribution in [3.05, 3.63) is 58.8 Å². The van der Waals surface area contributed by atoms with E-state index in [1.165, 1.54) is 0 Å². The van der Waals surface area contributed by atoms with Crippen LogP contribution in [0.5, 0.6) is 0 Å². The fourth-order valence-electron chi connectivity index (χ4n) is 4.33. The van der Waals surface area contributed by atoms with E-state index >= 15 is 0 Å². The topological polar surface area (TPSA) is 89.3 Å². The second-order valence-corrected chi connectivity index (χ2v) is 8.38. The van der Waals surface area contributed by atoms with Crippen molar-refractivity contribution in [2.45, 2.75) is 38.3 Å². The predicted molar refractivity (Wildman–Crippen MR) is 113 cm³/mol. The number of aromatic nitrogens is 1. The van der Waals surface area contributed by atoms with Crippen molar-refractivity contribution in [2.24, 2.45) is 0 Å². The first kappa shape index (κ1) is 19.9. The zero-order chi connectivity index (χ0) is 21.5. The molecule has 0 saturated carbocycles. The zero-order valence-corrected chi connectivity index (χ0v) is 17.5. The Morgan fingerprint density at radius 2 is 2.07 bits per heavy atom. The number of pyridine rings is 1. The minimum absolute atomic E-state index is 0.0154. The van der Waals surface area contributed by atoms with E-state index in [9.17, 15) is 9.59 Å². The summed E-state index contributed by atoms with van der Waals surface area (Å²) in [6.07, 6.45) is 3.12. The van der Waals surface area contributed by atoms with Gasteiger partial charge in [0.15, 0.2) is 0 Å². The third-order valence-corrected chi connectivity index (χ3v) is 6.30. The first-order valence-corrected chi connectivity index (χ1v) is 10.1. The van der Waals surface area contributed by atoms with Gasteiger partial charge >= 0.3 is 0 Å². The monoisotopic (exact) mass is 403 g/mol. The Morgan fingerprint density at radius 3 is 2.73 bits per heavy atom. The summed E-state index contributed by atoms with van der Waals surface area (Å²) in [7, 11) is 1.79. The average molecular weight is 403 g/mol. The number of carbonyl (C=O) groups excluding carboxylic acids is 2. The van der Waals surface area contributed by atoms with Gasteiger partial charge in [-0.15, -0.1) is 0 Å². The molecule has 1 fully saturated rings. The fourth-order valence-corrected chi connectivity index (χ4v) is 4.33. The molecule has 1 saturated heterocycles. The molecule has 0 spiro atoms. The lowest BCUT2D eigenvalue weighted by Gasteiger charge is -2.25. The molecular formula is C23H25N5O2. The van der Waals surface area contributed by atoms with Crippen LogP contribution >= 0.6 is 0 Å². The van der Waals surface area contributed by atoms with Crippen molar-refractivity contribution in [3.8, 4) is 6.07 Å². The number of nitriles is 1. The van der Waals surface area contributed by atoms with Crippen molar-refractivity contribution < 1.29 is 9.59 Å². The number of carbonyl (C=O) groups is 2. The summed E-state index contributed by atoms with van der Waals surface area (Å²) in [6, 6.07) is 11.7. The minimum Gasteiger partial charge on any atom is -0.360 e. The summed E-state index contributed by atoms with van der Waals surface area (Å²) in [4.78, 5) is 32.7. The van der Waals surface area contributed by atoms with Crippen LogP contribution in [0.2, 0.25) is 0 Å². The van der Waals surface area contributed by atoms with E-state index in [-0.39, 0.29) is 23.4 Å². The number of nitrogens with zero attached hydrogens (tertiary/aromatic N) is 4. The Balaban J connectivity index is 1.50. The van der Waals surface area contributed by atoms with Gasteiger partial charge < -0.3 is 15.1 Å². The fraction of sp³-hybridized carbons (Fsp3) is 0.391. The molecule has 0 bridgehead atoms. The number of hydrogen-bond donors (Lipinski definition) is 1. The molecule has 1 aromatic heterocycles. The van der Waals surface area contributed by atoms with Crippen LogP contribution in [0, 0.1) is 11.3 Å². The number of benzene rings is 1. The highest BCUT2D eigenvalue weighted by atomic mass is 16.2. The lowest BCUT2D eigenvalue weighted by Crippen LogP contribution is -2.38. The molecule has 2 aromatic rings. The van der Waals surface area contributed by atoms with E-state index in [0.29, 0.717) is 30.6 Å². The molecule has 154 valence electrons. The van der Waals surface area contributed by atoms with Gasteiger partial charge in [0.05, 0.1) is 28.8 Å². The molecular weight excluding hydrogens is 378 g/mol. The summed E-state index contributed by atoms with van der Waals surface area (Å²) in [5.74, 6) is 0.757. The number of amides is 2. The number of hydrogen-bond acceptors (Lipinski definition) is 5. The third kappa shape index (κ3) is 3.50. The number of fused-ring (bicyclic) bond motifs is 1. The van der Waals surface area contributed by atoms with Gasteiger partial charge in [0.1, 0.15) is 5.82 Å². The van der Waals surface area contributed by atoms with Gasteiger partial charge in [-0.3, -0.25) is 9.59 Å². The molecule has 3 heterocycles. The number of likely N-dealkylation sites (tertiary alicyclic amines) is 1. The Morgan fingerprint density at radius 1 is 1.33 bits per heavy atom. The first-order valence-electron chi connectivity index (χ1n) is 10.1. The van der Waals surface area contributed by atoms with Crippen LogP contribution in [0.1, 0.15) is 47.3 Å². The quantitative estimate of drug-likeness (QED) is 0.851. The van der Waals surface area contributed by atoms with Crippen LogP contribution in [-0.4, -0.2) is 52.8 Å². The summed E-state index contributed by atoms with van der Waals surface area (Å²) >= 11 is 0. The normalized spacial score (nSPS) is 22.2. The van der Waals surface area contributed by atoms with E-state index in [4.69, 9.17) is 5.26 Å². The van der Waals surface area contributed by atoms with E-state index < -0.39 is 0 Å². The zero-order valence-electron chi connectivity index (χ0n) is 17.5. The summed E-state index contributed by atoms with van der Waals surface area (Å²) in [6.45, 7) is 4.83. The number of likely N-dealkylation sites (N-methyl/N-ethyl adjacent to an activating group) is 1.